The zero-order chi connectivity index (χ0) is 15.7. The normalized spacial score (nSPS) is 10.6. The van der Waals surface area contributed by atoms with Gasteiger partial charge in [0, 0.05) is 10.1 Å². The molecule has 0 saturated carbocycles. The van der Waals surface area contributed by atoms with E-state index >= 15 is 0 Å². The van der Waals surface area contributed by atoms with E-state index in [4.69, 9.17) is 16.3 Å². The fourth-order valence-electron chi connectivity index (χ4n) is 2.04. The molecule has 2 aromatic heterocycles. The number of carbonyl (C=O) groups excluding carboxylic acids is 2. The van der Waals surface area contributed by atoms with Crippen LogP contribution in [0.4, 0.5) is 5.00 Å². The zero-order valence-electron chi connectivity index (χ0n) is 11.4. The summed E-state index contributed by atoms with van der Waals surface area (Å²) in [6, 6.07) is 10.7. The first kappa shape index (κ1) is 15.0. The van der Waals surface area contributed by atoms with Gasteiger partial charge in [-0.05, 0) is 18.2 Å². The van der Waals surface area contributed by atoms with Crippen LogP contribution in [-0.4, -0.2) is 19.0 Å². The van der Waals surface area contributed by atoms with E-state index in [0.717, 1.165) is 10.1 Å². The summed E-state index contributed by atoms with van der Waals surface area (Å²) in [5.41, 5.74) is 0.374. The Labute approximate surface area is 139 Å². The van der Waals surface area contributed by atoms with Crippen LogP contribution in [0.25, 0.3) is 10.1 Å². The lowest BCUT2D eigenvalue weighted by molar-refractivity contribution is 0.0604. The number of fused-ring (bicyclic) bond motifs is 1. The second-order valence-corrected chi connectivity index (χ2v) is 7.12. The molecule has 2 heterocycles. The van der Waals surface area contributed by atoms with Gasteiger partial charge in [0.05, 0.1) is 16.3 Å². The summed E-state index contributed by atoms with van der Waals surface area (Å²) >= 11 is 8.36. The maximum Gasteiger partial charge on any atom is 0.341 e. The van der Waals surface area contributed by atoms with Crippen molar-refractivity contribution in [2.24, 2.45) is 0 Å². The quantitative estimate of drug-likeness (QED) is 0.698. The highest BCUT2D eigenvalue weighted by Crippen LogP contribution is 2.36. The first-order valence-electron chi connectivity index (χ1n) is 6.26. The number of esters is 1. The molecule has 3 aromatic rings. The van der Waals surface area contributed by atoms with Crippen LogP contribution in [-0.2, 0) is 4.74 Å². The van der Waals surface area contributed by atoms with E-state index in [9.17, 15) is 9.59 Å². The summed E-state index contributed by atoms with van der Waals surface area (Å²) in [4.78, 5) is 24.8. The molecule has 7 heteroatoms. The van der Waals surface area contributed by atoms with Gasteiger partial charge < -0.3 is 10.1 Å². The number of methoxy groups -OCH3 is 1. The molecule has 1 aromatic carbocycles. The largest absolute Gasteiger partial charge is 0.465 e. The van der Waals surface area contributed by atoms with Crippen molar-refractivity contribution < 1.29 is 14.3 Å². The molecule has 0 aliphatic rings. The van der Waals surface area contributed by atoms with Crippen LogP contribution in [0.3, 0.4) is 0 Å². The van der Waals surface area contributed by atoms with E-state index in [0.29, 0.717) is 19.8 Å². The SMILES string of the molecule is COC(=O)c1c(NC(=O)c2ccc(Cl)s2)sc2ccccc12. The molecule has 0 aliphatic carbocycles. The topological polar surface area (TPSA) is 55.4 Å². The number of ether oxygens (including phenoxy) is 1. The minimum atomic E-state index is -0.475. The molecule has 1 amide bonds. The lowest BCUT2D eigenvalue weighted by atomic mass is 10.1. The average molecular weight is 352 g/mol. The highest BCUT2D eigenvalue weighted by Gasteiger charge is 2.21. The lowest BCUT2D eigenvalue weighted by Crippen LogP contribution is -2.12. The van der Waals surface area contributed by atoms with Crippen molar-refractivity contribution >= 4 is 61.2 Å². The lowest BCUT2D eigenvalue weighted by Gasteiger charge is -2.04. The predicted molar refractivity (Wildman–Crippen MR) is 90.4 cm³/mol. The van der Waals surface area contributed by atoms with Crippen LogP contribution in [0.5, 0.6) is 0 Å². The molecule has 22 heavy (non-hydrogen) atoms. The number of thiophene rings is 2. The van der Waals surface area contributed by atoms with Crippen LogP contribution in [0, 0.1) is 0 Å². The molecular formula is C15H10ClNO3S2. The maximum atomic E-state index is 12.3. The molecule has 3 rings (SSSR count). The van der Waals surface area contributed by atoms with Gasteiger partial charge >= 0.3 is 5.97 Å². The third-order valence-corrected chi connectivity index (χ3v) is 5.33. The molecule has 0 spiro atoms. The number of halogens is 1. The van der Waals surface area contributed by atoms with E-state index in [1.807, 2.05) is 24.3 Å². The molecule has 112 valence electrons. The van der Waals surface area contributed by atoms with Crippen molar-refractivity contribution in [3.05, 3.63) is 51.2 Å². The first-order valence-corrected chi connectivity index (χ1v) is 8.28. The molecule has 0 unspecified atom stereocenters. The molecule has 4 nitrogen and oxygen atoms in total. The minimum absolute atomic E-state index is 0.298. The van der Waals surface area contributed by atoms with Gasteiger partial charge in [-0.25, -0.2) is 4.79 Å². The van der Waals surface area contributed by atoms with Crippen molar-refractivity contribution in [3.63, 3.8) is 0 Å². The van der Waals surface area contributed by atoms with Gasteiger partial charge in [0.1, 0.15) is 10.6 Å². The van der Waals surface area contributed by atoms with Crippen molar-refractivity contribution in [1.82, 2.24) is 0 Å². The Morgan fingerprint density at radius 3 is 2.59 bits per heavy atom. The molecule has 0 saturated heterocycles. The second kappa shape index (κ2) is 6.08. The summed E-state index contributed by atoms with van der Waals surface area (Å²) in [6.45, 7) is 0. The molecule has 0 atom stereocenters. The van der Waals surface area contributed by atoms with Crippen LogP contribution in [0.1, 0.15) is 20.0 Å². The molecule has 0 radical (unpaired) electrons. The summed E-state index contributed by atoms with van der Waals surface area (Å²) in [7, 11) is 1.32. The number of hydrogen-bond acceptors (Lipinski definition) is 5. The standard InChI is InChI=1S/C15H10ClNO3S2/c1-20-15(19)12-8-4-2-3-5-9(8)22-14(12)17-13(18)10-6-7-11(16)21-10/h2-7H,1H3,(H,17,18). The first-order chi connectivity index (χ1) is 10.6. The van der Waals surface area contributed by atoms with Crippen LogP contribution < -0.4 is 5.32 Å². The van der Waals surface area contributed by atoms with Gasteiger partial charge in [-0.15, -0.1) is 22.7 Å². The minimum Gasteiger partial charge on any atom is -0.465 e. The van der Waals surface area contributed by atoms with Crippen molar-refractivity contribution in [3.8, 4) is 0 Å². The smallest absolute Gasteiger partial charge is 0.341 e. The molecule has 1 N–H and O–H groups in total. The number of rotatable bonds is 3. The maximum absolute atomic E-state index is 12.3. The van der Waals surface area contributed by atoms with Crippen LogP contribution in [0.2, 0.25) is 4.34 Å². The van der Waals surface area contributed by atoms with E-state index in [1.165, 1.54) is 29.8 Å². The Hall–Kier alpha value is -1.89. The van der Waals surface area contributed by atoms with E-state index in [1.54, 1.807) is 12.1 Å². The highest BCUT2D eigenvalue weighted by atomic mass is 35.5. The van der Waals surface area contributed by atoms with E-state index in [2.05, 4.69) is 5.32 Å². The Balaban J connectivity index is 2.02. The van der Waals surface area contributed by atoms with Crippen molar-refractivity contribution in [2.45, 2.75) is 0 Å². The highest BCUT2D eigenvalue weighted by molar-refractivity contribution is 7.23. The number of anilines is 1. The third kappa shape index (κ3) is 2.72. The monoisotopic (exact) mass is 351 g/mol. The Kier molecular flexibility index (Phi) is 4.15. The predicted octanol–water partition coefficient (Wildman–Crippen LogP) is 4.66. The van der Waals surface area contributed by atoms with Crippen molar-refractivity contribution in [2.75, 3.05) is 12.4 Å². The number of carbonyl (C=O) groups is 2. The fourth-order valence-corrected chi connectivity index (χ4v) is 4.06. The number of amides is 1. The van der Waals surface area contributed by atoms with Gasteiger partial charge in [0.25, 0.3) is 5.91 Å². The van der Waals surface area contributed by atoms with E-state index < -0.39 is 5.97 Å². The molecule has 0 bridgehead atoms. The summed E-state index contributed by atoms with van der Waals surface area (Å²) in [5.74, 6) is -0.773. The van der Waals surface area contributed by atoms with Crippen LogP contribution >= 0.6 is 34.3 Å². The van der Waals surface area contributed by atoms with Crippen LogP contribution in [0.15, 0.2) is 36.4 Å². The summed E-state index contributed by atoms with van der Waals surface area (Å²) in [5, 5.41) is 4.01. The summed E-state index contributed by atoms with van der Waals surface area (Å²) in [6.07, 6.45) is 0. The number of nitrogens with one attached hydrogen (secondary N) is 1. The van der Waals surface area contributed by atoms with Gasteiger partial charge in [-0.3, -0.25) is 4.79 Å². The number of hydrogen-bond donors (Lipinski definition) is 1. The Morgan fingerprint density at radius 1 is 1.14 bits per heavy atom. The molecule has 0 fully saturated rings. The molecule has 0 aliphatic heterocycles. The van der Waals surface area contributed by atoms with Gasteiger partial charge in [0.2, 0.25) is 0 Å². The zero-order valence-corrected chi connectivity index (χ0v) is 13.8. The van der Waals surface area contributed by atoms with E-state index in [-0.39, 0.29) is 5.91 Å². The van der Waals surface area contributed by atoms with Gasteiger partial charge in [-0.2, -0.15) is 0 Å². The Bertz CT molecular complexity index is 869. The van der Waals surface area contributed by atoms with Crippen molar-refractivity contribution in [1.29, 1.82) is 0 Å². The van der Waals surface area contributed by atoms with Gasteiger partial charge in [-0.1, -0.05) is 29.8 Å². The van der Waals surface area contributed by atoms with Gasteiger partial charge in [0.15, 0.2) is 0 Å². The summed E-state index contributed by atoms with van der Waals surface area (Å²) < 4.78 is 6.27. The molecular weight excluding hydrogens is 342 g/mol. The average Bonchev–Trinajstić information content (AvgIpc) is 3.09. The second-order valence-electron chi connectivity index (χ2n) is 4.35. The number of benzene rings is 1. The Morgan fingerprint density at radius 2 is 1.91 bits per heavy atom. The third-order valence-electron chi connectivity index (χ3n) is 3.01. The fraction of sp³-hybridized carbons (Fsp3) is 0.0667.